The molecule has 0 saturated carbocycles. The summed E-state index contributed by atoms with van der Waals surface area (Å²) in [5.74, 6) is 1.32. The number of sulfonamides is 1. The highest BCUT2D eigenvalue weighted by molar-refractivity contribution is 7.89. The number of benzene rings is 1. The molecular formula is C16H19NO5S. The summed E-state index contributed by atoms with van der Waals surface area (Å²) in [5, 5.41) is -0.0359. The molecule has 0 unspecified atom stereocenters. The lowest BCUT2D eigenvalue weighted by molar-refractivity contribution is 0.349. The van der Waals surface area contributed by atoms with E-state index in [1.807, 2.05) is 6.07 Å². The van der Waals surface area contributed by atoms with Crippen LogP contribution in [0.25, 0.3) is 0 Å². The maximum absolute atomic E-state index is 12.8. The highest BCUT2D eigenvalue weighted by atomic mass is 32.2. The Balaban J connectivity index is 2.03. The number of hydrogen-bond donors (Lipinski definition) is 0. The highest BCUT2D eigenvalue weighted by Crippen LogP contribution is 2.41. The summed E-state index contributed by atoms with van der Waals surface area (Å²) >= 11 is 0. The number of nitrogens with zero attached hydrogens (tertiary/aromatic N) is 1. The fourth-order valence-electron chi connectivity index (χ4n) is 2.96. The lowest BCUT2D eigenvalue weighted by Crippen LogP contribution is -2.30. The Labute approximate surface area is 135 Å². The molecule has 1 aromatic heterocycles. The van der Waals surface area contributed by atoms with Gasteiger partial charge in [-0.25, -0.2) is 8.42 Å². The first kappa shape index (κ1) is 15.9. The molecule has 1 fully saturated rings. The van der Waals surface area contributed by atoms with Gasteiger partial charge in [0.25, 0.3) is 10.0 Å². The molecule has 0 amide bonds. The van der Waals surface area contributed by atoms with Crippen LogP contribution >= 0.6 is 0 Å². The van der Waals surface area contributed by atoms with E-state index in [0.717, 1.165) is 18.4 Å². The first-order valence-corrected chi connectivity index (χ1v) is 8.79. The van der Waals surface area contributed by atoms with Crippen LogP contribution in [-0.2, 0) is 10.0 Å². The van der Waals surface area contributed by atoms with Crippen molar-refractivity contribution < 1.29 is 22.3 Å². The van der Waals surface area contributed by atoms with Gasteiger partial charge in [0, 0.05) is 12.1 Å². The molecule has 23 heavy (non-hydrogen) atoms. The predicted octanol–water partition coefficient (Wildman–Crippen LogP) is 2.82. The van der Waals surface area contributed by atoms with E-state index in [9.17, 15) is 8.42 Å². The highest BCUT2D eigenvalue weighted by Gasteiger charge is 2.39. The van der Waals surface area contributed by atoms with E-state index in [0.29, 0.717) is 18.0 Å². The molecule has 1 aromatic carbocycles. The van der Waals surface area contributed by atoms with Gasteiger partial charge in [-0.3, -0.25) is 0 Å². The lowest BCUT2D eigenvalue weighted by atomic mass is 10.0. The quantitative estimate of drug-likeness (QED) is 0.839. The second-order valence-corrected chi connectivity index (χ2v) is 7.14. The first-order chi connectivity index (χ1) is 11.1. The van der Waals surface area contributed by atoms with E-state index in [1.165, 1.54) is 16.6 Å². The van der Waals surface area contributed by atoms with E-state index < -0.39 is 10.0 Å². The summed E-state index contributed by atoms with van der Waals surface area (Å²) in [4.78, 5) is 0. The largest absolute Gasteiger partial charge is 0.497 e. The maximum Gasteiger partial charge on any atom is 0.277 e. The Morgan fingerprint density at radius 2 is 2.04 bits per heavy atom. The number of rotatable bonds is 5. The predicted molar refractivity (Wildman–Crippen MR) is 84.1 cm³/mol. The first-order valence-electron chi connectivity index (χ1n) is 7.35. The second kappa shape index (κ2) is 6.25. The van der Waals surface area contributed by atoms with Gasteiger partial charge < -0.3 is 13.9 Å². The number of ether oxygens (including phenoxy) is 2. The molecule has 1 aliphatic rings. The molecule has 2 aromatic rings. The van der Waals surface area contributed by atoms with Gasteiger partial charge in [0.05, 0.1) is 26.5 Å². The monoisotopic (exact) mass is 337 g/mol. The zero-order valence-corrected chi connectivity index (χ0v) is 13.9. The van der Waals surface area contributed by atoms with E-state index in [4.69, 9.17) is 13.9 Å². The molecule has 0 spiro atoms. The van der Waals surface area contributed by atoms with Crippen molar-refractivity contribution in [3.8, 4) is 11.5 Å². The average Bonchev–Trinajstić information content (AvgIpc) is 3.25. The van der Waals surface area contributed by atoms with Crippen molar-refractivity contribution in [2.24, 2.45) is 0 Å². The molecule has 1 saturated heterocycles. The Kier molecular flexibility index (Phi) is 4.32. The van der Waals surface area contributed by atoms with Gasteiger partial charge in [-0.1, -0.05) is 0 Å². The minimum absolute atomic E-state index is 0.0359. The molecule has 6 nitrogen and oxygen atoms in total. The number of hydrogen-bond acceptors (Lipinski definition) is 5. The van der Waals surface area contributed by atoms with Gasteiger partial charge in [0.1, 0.15) is 11.5 Å². The second-order valence-electron chi connectivity index (χ2n) is 5.31. The lowest BCUT2D eigenvalue weighted by Gasteiger charge is -2.25. The summed E-state index contributed by atoms with van der Waals surface area (Å²) in [6.45, 7) is 0.452. The number of methoxy groups -OCH3 is 2. The van der Waals surface area contributed by atoms with Gasteiger partial charge in [-0.2, -0.15) is 4.31 Å². The van der Waals surface area contributed by atoms with Gasteiger partial charge in [-0.15, -0.1) is 0 Å². The zero-order valence-electron chi connectivity index (χ0n) is 13.1. The van der Waals surface area contributed by atoms with Crippen LogP contribution in [-0.4, -0.2) is 33.5 Å². The molecule has 3 rings (SSSR count). The maximum atomic E-state index is 12.8. The van der Waals surface area contributed by atoms with Gasteiger partial charge in [0.15, 0.2) is 0 Å². The topological polar surface area (TPSA) is 69.0 Å². The van der Waals surface area contributed by atoms with Crippen molar-refractivity contribution in [1.82, 2.24) is 4.31 Å². The van der Waals surface area contributed by atoms with Crippen LogP contribution in [0.5, 0.6) is 11.5 Å². The van der Waals surface area contributed by atoms with E-state index in [1.54, 1.807) is 32.4 Å². The van der Waals surface area contributed by atoms with Crippen LogP contribution in [0.1, 0.15) is 24.4 Å². The molecule has 0 radical (unpaired) electrons. The third kappa shape index (κ3) is 2.82. The molecule has 7 heteroatoms. The van der Waals surface area contributed by atoms with Crippen molar-refractivity contribution in [1.29, 1.82) is 0 Å². The van der Waals surface area contributed by atoms with Gasteiger partial charge in [0.2, 0.25) is 5.09 Å². The Morgan fingerprint density at radius 3 is 2.70 bits per heavy atom. The van der Waals surface area contributed by atoms with Crippen molar-refractivity contribution in [2.45, 2.75) is 24.0 Å². The molecular weight excluding hydrogens is 318 g/mol. The van der Waals surface area contributed by atoms with Crippen LogP contribution in [0.2, 0.25) is 0 Å². The molecule has 0 bridgehead atoms. The molecule has 0 N–H and O–H groups in total. The fourth-order valence-corrected chi connectivity index (χ4v) is 4.55. The van der Waals surface area contributed by atoms with Gasteiger partial charge in [-0.05, 0) is 43.2 Å². The minimum Gasteiger partial charge on any atom is -0.497 e. The molecule has 2 heterocycles. The van der Waals surface area contributed by atoms with Crippen LogP contribution in [0, 0.1) is 0 Å². The smallest absolute Gasteiger partial charge is 0.277 e. The standard InChI is InChI=1S/C16H19NO5S/c1-20-12-7-8-15(21-2)13(11-12)14-5-3-9-17(14)23(18,19)16-6-4-10-22-16/h4,6-8,10-11,14H,3,5,9H2,1-2H3/t14-/m1/s1. The Hall–Kier alpha value is -1.99. The van der Waals surface area contributed by atoms with E-state index in [2.05, 4.69) is 0 Å². The summed E-state index contributed by atoms with van der Waals surface area (Å²) < 4.78 is 42.8. The third-order valence-electron chi connectivity index (χ3n) is 4.06. The van der Waals surface area contributed by atoms with Crippen molar-refractivity contribution in [3.05, 3.63) is 42.2 Å². The van der Waals surface area contributed by atoms with Crippen LogP contribution < -0.4 is 9.47 Å². The van der Waals surface area contributed by atoms with Gasteiger partial charge >= 0.3 is 0 Å². The minimum atomic E-state index is -3.67. The summed E-state index contributed by atoms with van der Waals surface area (Å²) in [6, 6.07) is 8.17. The fraction of sp³-hybridized carbons (Fsp3) is 0.375. The van der Waals surface area contributed by atoms with Crippen molar-refractivity contribution in [2.75, 3.05) is 20.8 Å². The van der Waals surface area contributed by atoms with Crippen molar-refractivity contribution in [3.63, 3.8) is 0 Å². The summed E-state index contributed by atoms with van der Waals surface area (Å²) in [6.07, 6.45) is 2.87. The Bertz CT molecular complexity index is 770. The molecule has 1 aliphatic heterocycles. The Morgan fingerprint density at radius 1 is 1.22 bits per heavy atom. The summed E-state index contributed by atoms with van der Waals surface area (Å²) in [7, 11) is -0.511. The molecule has 0 aliphatic carbocycles. The van der Waals surface area contributed by atoms with Crippen LogP contribution in [0.3, 0.4) is 0 Å². The number of furan rings is 1. The normalized spacial score (nSPS) is 19.0. The van der Waals surface area contributed by atoms with Crippen molar-refractivity contribution >= 4 is 10.0 Å². The van der Waals surface area contributed by atoms with E-state index in [-0.39, 0.29) is 11.1 Å². The van der Waals surface area contributed by atoms with Crippen LogP contribution in [0.15, 0.2) is 46.1 Å². The van der Waals surface area contributed by atoms with E-state index >= 15 is 0 Å². The van der Waals surface area contributed by atoms with Crippen LogP contribution in [0.4, 0.5) is 0 Å². The third-order valence-corrected chi connectivity index (χ3v) is 5.85. The molecule has 124 valence electrons. The summed E-state index contributed by atoms with van der Waals surface area (Å²) in [5.41, 5.74) is 0.805. The zero-order chi connectivity index (χ0) is 16.4. The molecule has 1 atom stereocenters. The average molecular weight is 337 g/mol. The SMILES string of the molecule is COc1ccc(OC)c([C@H]2CCCN2S(=O)(=O)c2ccco2)c1.